The second kappa shape index (κ2) is 8.15. The van der Waals surface area contributed by atoms with Gasteiger partial charge < -0.3 is 4.74 Å². The van der Waals surface area contributed by atoms with Gasteiger partial charge in [-0.3, -0.25) is 0 Å². The molecule has 2 aromatic rings. The van der Waals surface area contributed by atoms with Crippen molar-refractivity contribution in [3.63, 3.8) is 0 Å². The highest BCUT2D eigenvalue weighted by Crippen LogP contribution is 2.12. The van der Waals surface area contributed by atoms with Crippen LogP contribution in [0.25, 0.3) is 6.08 Å². The molecule has 122 valence electrons. The highest BCUT2D eigenvalue weighted by molar-refractivity contribution is 7.92. The monoisotopic (exact) mass is 351 g/mol. The number of benzene rings is 2. The van der Waals surface area contributed by atoms with Crippen LogP contribution < -0.4 is 9.46 Å². The minimum absolute atomic E-state index is 0.183. The highest BCUT2D eigenvalue weighted by Gasteiger charge is 2.09. The lowest BCUT2D eigenvalue weighted by Crippen LogP contribution is -2.32. The molecule has 0 radical (unpaired) electrons. The molecular formula is C17H18ClNO3S. The van der Waals surface area contributed by atoms with Crippen LogP contribution in [0.1, 0.15) is 12.5 Å². The Hall–Kier alpha value is -1.82. The van der Waals surface area contributed by atoms with Crippen molar-refractivity contribution in [2.24, 2.45) is 0 Å². The van der Waals surface area contributed by atoms with Gasteiger partial charge >= 0.3 is 0 Å². The van der Waals surface area contributed by atoms with Crippen LogP contribution in [0.2, 0.25) is 5.02 Å². The van der Waals surface area contributed by atoms with Gasteiger partial charge in [-0.2, -0.15) is 0 Å². The number of hydrogen-bond donors (Lipinski definition) is 1. The molecule has 2 aromatic carbocycles. The van der Waals surface area contributed by atoms with Gasteiger partial charge in [-0.05, 0) is 42.8 Å². The van der Waals surface area contributed by atoms with Crippen molar-refractivity contribution in [3.05, 3.63) is 70.6 Å². The Labute approximate surface area is 141 Å². The molecule has 0 heterocycles. The first-order valence-electron chi connectivity index (χ1n) is 7.10. The second-order valence-electron chi connectivity index (χ2n) is 4.99. The van der Waals surface area contributed by atoms with E-state index in [1.807, 2.05) is 30.3 Å². The summed E-state index contributed by atoms with van der Waals surface area (Å²) in [6, 6.07) is 16.2. The summed E-state index contributed by atoms with van der Waals surface area (Å²) in [7, 11) is -3.52. The van der Waals surface area contributed by atoms with Crippen molar-refractivity contribution in [1.29, 1.82) is 0 Å². The van der Waals surface area contributed by atoms with E-state index < -0.39 is 10.0 Å². The van der Waals surface area contributed by atoms with Crippen molar-refractivity contribution in [3.8, 4) is 5.75 Å². The van der Waals surface area contributed by atoms with Gasteiger partial charge in [0.1, 0.15) is 11.9 Å². The van der Waals surface area contributed by atoms with E-state index in [2.05, 4.69) is 4.72 Å². The molecule has 0 spiro atoms. The summed E-state index contributed by atoms with van der Waals surface area (Å²) in [6.07, 6.45) is 1.23. The van der Waals surface area contributed by atoms with Crippen molar-refractivity contribution in [1.82, 2.24) is 4.72 Å². The molecule has 6 heteroatoms. The molecule has 0 aromatic heterocycles. The van der Waals surface area contributed by atoms with Crippen molar-refractivity contribution in [2.45, 2.75) is 13.0 Å². The van der Waals surface area contributed by atoms with Gasteiger partial charge in [0.25, 0.3) is 0 Å². The zero-order valence-corrected chi connectivity index (χ0v) is 14.2. The van der Waals surface area contributed by atoms with Crippen LogP contribution in [0.5, 0.6) is 5.75 Å². The van der Waals surface area contributed by atoms with Crippen molar-refractivity contribution < 1.29 is 13.2 Å². The Bertz CT molecular complexity index is 743. The standard InChI is InChI=1S/C17H18ClNO3S/c1-14(22-17-5-3-2-4-6-17)13-19-23(20,21)12-11-15-7-9-16(18)10-8-15/h2-12,14,19H,13H2,1H3/b12-11+. The Morgan fingerprint density at radius 2 is 1.78 bits per heavy atom. The summed E-state index contributed by atoms with van der Waals surface area (Å²) >= 11 is 5.78. The van der Waals surface area contributed by atoms with Crippen LogP contribution in [0.15, 0.2) is 60.0 Å². The number of ether oxygens (including phenoxy) is 1. The average Bonchev–Trinajstić information content (AvgIpc) is 2.54. The number of sulfonamides is 1. The molecule has 4 nitrogen and oxygen atoms in total. The molecule has 0 aliphatic rings. The first-order chi connectivity index (χ1) is 10.9. The van der Waals surface area contributed by atoms with E-state index in [9.17, 15) is 8.42 Å². The van der Waals surface area contributed by atoms with E-state index in [-0.39, 0.29) is 12.6 Å². The third-order valence-electron chi connectivity index (χ3n) is 2.96. The quantitative estimate of drug-likeness (QED) is 0.827. The fourth-order valence-corrected chi connectivity index (χ4v) is 2.82. The lowest BCUT2D eigenvalue weighted by atomic mass is 10.2. The van der Waals surface area contributed by atoms with Crippen LogP contribution >= 0.6 is 11.6 Å². The third-order valence-corrected chi connectivity index (χ3v) is 4.28. The number of rotatable bonds is 7. The predicted molar refractivity (Wildman–Crippen MR) is 93.9 cm³/mol. The minimum Gasteiger partial charge on any atom is -0.489 e. The normalized spacial score (nSPS) is 13.1. The largest absolute Gasteiger partial charge is 0.489 e. The van der Waals surface area contributed by atoms with Gasteiger partial charge in [0.15, 0.2) is 0 Å². The van der Waals surface area contributed by atoms with E-state index in [1.165, 1.54) is 6.08 Å². The molecule has 23 heavy (non-hydrogen) atoms. The molecular weight excluding hydrogens is 334 g/mol. The topological polar surface area (TPSA) is 55.4 Å². The molecule has 0 aliphatic carbocycles. The maximum atomic E-state index is 11.9. The summed E-state index contributed by atoms with van der Waals surface area (Å²) < 4.78 is 32.0. The summed E-state index contributed by atoms with van der Waals surface area (Å²) in [6.45, 7) is 1.99. The molecule has 1 N–H and O–H groups in total. The summed E-state index contributed by atoms with van der Waals surface area (Å²) in [4.78, 5) is 0. The summed E-state index contributed by atoms with van der Waals surface area (Å²) in [5.41, 5.74) is 0.758. The molecule has 2 rings (SSSR count). The van der Waals surface area contributed by atoms with Crippen LogP contribution in [0.4, 0.5) is 0 Å². The number of hydrogen-bond acceptors (Lipinski definition) is 3. The zero-order valence-electron chi connectivity index (χ0n) is 12.6. The van der Waals surface area contributed by atoms with E-state index in [4.69, 9.17) is 16.3 Å². The van der Waals surface area contributed by atoms with E-state index >= 15 is 0 Å². The van der Waals surface area contributed by atoms with Crippen LogP contribution in [0.3, 0.4) is 0 Å². The van der Waals surface area contributed by atoms with E-state index in [0.29, 0.717) is 10.8 Å². The number of halogens is 1. The fraction of sp³-hybridized carbons (Fsp3) is 0.176. The Balaban J connectivity index is 1.87. The maximum Gasteiger partial charge on any atom is 0.233 e. The van der Waals surface area contributed by atoms with E-state index in [1.54, 1.807) is 31.2 Å². The smallest absolute Gasteiger partial charge is 0.233 e. The predicted octanol–water partition coefficient (Wildman–Crippen LogP) is 3.70. The molecule has 0 bridgehead atoms. The van der Waals surface area contributed by atoms with Gasteiger partial charge in [0, 0.05) is 17.0 Å². The fourth-order valence-electron chi connectivity index (χ4n) is 1.80. The maximum absolute atomic E-state index is 11.9. The van der Waals surface area contributed by atoms with Gasteiger partial charge in [-0.25, -0.2) is 13.1 Å². The molecule has 0 aliphatic heterocycles. The minimum atomic E-state index is -3.52. The summed E-state index contributed by atoms with van der Waals surface area (Å²) in [5, 5.41) is 1.74. The van der Waals surface area contributed by atoms with Crippen LogP contribution in [-0.4, -0.2) is 21.1 Å². The van der Waals surface area contributed by atoms with Gasteiger partial charge in [0.2, 0.25) is 10.0 Å². The molecule has 0 fully saturated rings. The molecule has 1 unspecified atom stereocenters. The second-order valence-corrected chi connectivity index (χ2v) is 7.08. The van der Waals surface area contributed by atoms with Crippen molar-refractivity contribution >= 4 is 27.7 Å². The first kappa shape index (κ1) is 17.5. The number of nitrogens with one attached hydrogen (secondary N) is 1. The van der Waals surface area contributed by atoms with Crippen LogP contribution in [-0.2, 0) is 10.0 Å². The number of para-hydroxylation sites is 1. The molecule has 0 amide bonds. The lowest BCUT2D eigenvalue weighted by molar-refractivity contribution is 0.225. The Morgan fingerprint density at radius 3 is 2.43 bits per heavy atom. The lowest BCUT2D eigenvalue weighted by Gasteiger charge is -2.14. The van der Waals surface area contributed by atoms with Gasteiger partial charge in [0.05, 0.1) is 0 Å². The van der Waals surface area contributed by atoms with Gasteiger partial charge in [-0.15, -0.1) is 0 Å². The third kappa shape index (κ3) is 6.44. The first-order valence-corrected chi connectivity index (χ1v) is 9.02. The molecule has 1 atom stereocenters. The highest BCUT2D eigenvalue weighted by atomic mass is 35.5. The van der Waals surface area contributed by atoms with Crippen LogP contribution in [0, 0.1) is 0 Å². The summed E-state index contributed by atoms with van der Waals surface area (Å²) in [5.74, 6) is 0.705. The SMILES string of the molecule is CC(CNS(=O)(=O)/C=C/c1ccc(Cl)cc1)Oc1ccccc1. The molecule has 0 saturated heterocycles. The Kier molecular flexibility index (Phi) is 6.21. The average molecular weight is 352 g/mol. The van der Waals surface area contributed by atoms with Gasteiger partial charge in [-0.1, -0.05) is 41.9 Å². The molecule has 0 saturated carbocycles. The zero-order chi connectivity index (χ0) is 16.7. The van der Waals surface area contributed by atoms with Crippen molar-refractivity contribution in [2.75, 3.05) is 6.54 Å². The van der Waals surface area contributed by atoms with E-state index in [0.717, 1.165) is 11.0 Å². The Morgan fingerprint density at radius 1 is 1.13 bits per heavy atom.